The molecule has 1 atom stereocenters. The highest BCUT2D eigenvalue weighted by Crippen LogP contribution is 2.46. The molecule has 3 rings (SSSR count). The van der Waals surface area contributed by atoms with Gasteiger partial charge in [-0.15, -0.1) is 0 Å². The van der Waals surface area contributed by atoms with E-state index in [9.17, 15) is 14.3 Å². The van der Waals surface area contributed by atoms with Crippen LogP contribution in [0.15, 0.2) is 24.3 Å². The summed E-state index contributed by atoms with van der Waals surface area (Å²) in [4.78, 5) is 15.7. The maximum atomic E-state index is 13.4. The van der Waals surface area contributed by atoms with Crippen molar-refractivity contribution in [3.8, 4) is 0 Å². The van der Waals surface area contributed by atoms with Crippen LogP contribution in [0.4, 0.5) is 4.39 Å². The number of piperidine rings is 1. The Morgan fingerprint density at radius 2 is 1.76 bits per heavy atom. The molecule has 1 heterocycles. The largest absolute Gasteiger partial charge is 0.387 e. The van der Waals surface area contributed by atoms with Crippen molar-refractivity contribution in [1.29, 1.82) is 0 Å². The number of halogens is 1. The highest BCUT2D eigenvalue weighted by molar-refractivity contribution is 5.83. The quantitative estimate of drug-likeness (QED) is 0.763. The van der Waals surface area contributed by atoms with E-state index in [-0.39, 0.29) is 22.7 Å². The first-order chi connectivity index (χ1) is 13.7. The highest BCUT2D eigenvalue weighted by Gasteiger charge is 2.48. The Morgan fingerprint density at radius 1 is 1.17 bits per heavy atom. The molecule has 0 aromatic heterocycles. The number of carbonyl (C=O) groups is 1. The maximum absolute atomic E-state index is 13.4. The lowest BCUT2D eigenvalue weighted by atomic mass is 9.63. The summed E-state index contributed by atoms with van der Waals surface area (Å²) in [6.45, 7) is 8.29. The minimum atomic E-state index is -0.638. The van der Waals surface area contributed by atoms with E-state index in [2.05, 4.69) is 10.2 Å². The van der Waals surface area contributed by atoms with E-state index in [0.717, 1.165) is 44.3 Å². The van der Waals surface area contributed by atoms with E-state index in [1.54, 1.807) is 12.1 Å². The monoisotopic (exact) mass is 404 g/mol. The number of hydrogen-bond donors (Lipinski definition) is 2. The van der Waals surface area contributed by atoms with Crippen LogP contribution in [0.1, 0.15) is 77.4 Å². The Bertz CT molecular complexity index is 669. The first-order valence-corrected chi connectivity index (χ1v) is 11.2. The standard InChI is InChI=1S/C24H37FN2O2/c1-23(2,3)26-22(29)24(19-7-5-4-6-8-19)13-15-27(16-14-24)17-21(28)18-9-11-20(25)12-10-18/h9-12,19,21,28H,4-8,13-17H2,1-3H3,(H,26,29). The van der Waals surface area contributed by atoms with Gasteiger partial charge in [-0.25, -0.2) is 4.39 Å². The minimum Gasteiger partial charge on any atom is -0.387 e. The van der Waals surface area contributed by atoms with Crippen molar-refractivity contribution in [2.45, 2.75) is 77.4 Å². The molecule has 2 N–H and O–H groups in total. The number of hydrogen-bond acceptors (Lipinski definition) is 3. The molecular formula is C24H37FN2O2. The molecule has 1 aliphatic heterocycles. The molecule has 2 aliphatic rings. The van der Waals surface area contributed by atoms with E-state index in [4.69, 9.17) is 0 Å². The van der Waals surface area contributed by atoms with E-state index < -0.39 is 6.10 Å². The number of rotatable bonds is 5. The zero-order valence-corrected chi connectivity index (χ0v) is 18.2. The van der Waals surface area contributed by atoms with Gasteiger partial charge >= 0.3 is 0 Å². The van der Waals surface area contributed by atoms with Crippen molar-refractivity contribution >= 4 is 5.91 Å². The Balaban J connectivity index is 1.66. The van der Waals surface area contributed by atoms with Gasteiger partial charge in [0.1, 0.15) is 5.82 Å². The number of nitrogens with zero attached hydrogens (tertiary/aromatic N) is 1. The Kier molecular flexibility index (Phi) is 7.00. The first kappa shape index (κ1) is 22.2. The van der Waals surface area contributed by atoms with Crippen LogP contribution in [0, 0.1) is 17.2 Å². The van der Waals surface area contributed by atoms with Crippen LogP contribution in [0.3, 0.4) is 0 Å². The molecule has 1 aromatic rings. The average Bonchev–Trinajstić information content (AvgIpc) is 2.68. The molecule has 1 amide bonds. The van der Waals surface area contributed by atoms with Gasteiger partial charge in [-0.1, -0.05) is 31.4 Å². The molecule has 2 fully saturated rings. The molecule has 1 aliphatic carbocycles. The van der Waals surface area contributed by atoms with Crippen LogP contribution >= 0.6 is 0 Å². The average molecular weight is 405 g/mol. The van der Waals surface area contributed by atoms with E-state index in [1.807, 2.05) is 20.8 Å². The molecule has 1 unspecified atom stereocenters. The van der Waals surface area contributed by atoms with Crippen molar-refractivity contribution in [2.75, 3.05) is 19.6 Å². The fraction of sp³-hybridized carbons (Fsp3) is 0.708. The van der Waals surface area contributed by atoms with Gasteiger partial charge in [0.15, 0.2) is 0 Å². The Hall–Kier alpha value is -1.46. The third-order valence-corrected chi connectivity index (χ3v) is 6.76. The van der Waals surface area contributed by atoms with Gasteiger partial charge in [0.25, 0.3) is 0 Å². The van der Waals surface area contributed by atoms with Crippen LogP contribution in [0.2, 0.25) is 0 Å². The van der Waals surface area contributed by atoms with Crippen LogP contribution in [-0.2, 0) is 4.79 Å². The molecular weight excluding hydrogens is 367 g/mol. The van der Waals surface area contributed by atoms with Gasteiger partial charge in [0.05, 0.1) is 11.5 Å². The lowest BCUT2D eigenvalue weighted by molar-refractivity contribution is -0.141. The summed E-state index contributed by atoms with van der Waals surface area (Å²) in [5.41, 5.74) is 0.223. The second-order valence-corrected chi connectivity index (χ2v) is 10.1. The molecule has 4 nitrogen and oxygen atoms in total. The summed E-state index contributed by atoms with van der Waals surface area (Å²) in [5.74, 6) is 0.388. The highest BCUT2D eigenvalue weighted by atomic mass is 19.1. The van der Waals surface area contributed by atoms with Gasteiger partial charge in [-0.3, -0.25) is 4.79 Å². The minimum absolute atomic E-state index is 0.218. The molecule has 1 aromatic carbocycles. The molecule has 29 heavy (non-hydrogen) atoms. The normalized spacial score (nSPS) is 22.2. The molecule has 1 saturated heterocycles. The number of β-amino-alcohol motifs (C(OH)–C–C–N with tert-alkyl or cyclic N) is 1. The van der Waals surface area contributed by atoms with Crippen molar-refractivity contribution in [2.24, 2.45) is 11.3 Å². The topological polar surface area (TPSA) is 52.6 Å². The smallest absolute Gasteiger partial charge is 0.226 e. The number of likely N-dealkylation sites (tertiary alicyclic amines) is 1. The molecule has 1 saturated carbocycles. The van der Waals surface area contributed by atoms with Crippen molar-refractivity contribution in [1.82, 2.24) is 10.2 Å². The summed E-state index contributed by atoms with van der Waals surface area (Å²) in [5, 5.41) is 13.8. The molecule has 0 radical (unpaired) electrons. The lowest BCUT2D eigenvalue weighted by Gasteiger charge is -2.48. The van der Waals surface area contributed by atoms with E-state index in [0.29, 0.717) is 12.5 Å². The number of benzene rings is 1. The molecule has 0 bridgehead atoms. The van der Waals surface area contributed by atoms with Crippen LogP contribution in [0.25, 0.3) is 0 Å². The van der Waals surface area contributed by atoms with Crippen LogP contribution in [0.5, 0.6) is 0 Å². The lowest BCUT2D eigenvalue weighted by Crippen LogP contribution is -2.56. The van der Waals surface area contributed by atoms with Gasteiger partial charge in [-0.05, 0) is 83.2 Å². The van der Waals surface area contributed by atoms with Crippen LogP contribution in [-0.4, -0.2) is 41.1 Å². The van der Waals surface area contributed by atoms with E-state index in [1.165, 1.54) is 31.4 Å². The van der Waals surface area contributed by atoms with Gasteiger partial charge in [-0.2, -0.15) is 0 Å². The number of nitrogens with one attached hydrogen (secondary N) is 1. The van der Waals surface area contributed by atoms with Crippen molar-refractivity contribution in [3.05, 3.63) is 35.6 Å². The first-order valence-electron chi connectivity index (χ1n) is 11.2. The predicted molar refractivity (Wildman–Crippen MR) is 114 cm³/mol. The van der Waals surface area contributed by atoms with Crippen LogP contribution < -0.4 is 5.32 Å². The SMILES string of the molecule is CC(C)(C)NC(=O)C1(C2CCCCC2)CCN(CC(O)c2ccc(F)cc2)CC1. The predicted octanol–water partition coefficient (Wildman–Crippen LogP) is 4.44. The number of carbonyl (C=O) groups excluding carboxylic acids is 1. The van der Waals surface area contributed by atoms with Crippen molar-refractivity contribution in [3.63, 3.8) is 0 Å². The second kappa shape index (κ2) is 9.13. The summed E-state index contributed by atoms with van der Waals surface area (Å²) in [7, 11) is 0. The fourth-order valence-corrected chi connectivity index (χ4v) is 5.11. The number of aliphatic hydroxyl groups excluding tert-OH is 1. The zero-order valence-electron chi connectivity index (χ0n) is 18.2. The third kappa shape index (κ3) is 5.58. The summed E-state index contributed by atoms with van der Waals surface area (Å²) >= 11 is 0. The number of amides is 1. The van der Waals surface area contributed by atoms with Gasteiger partial charge in [0, 0.05) is 12.1 Å². The van der Waals surface area contributed by atoms with Crippen molar-refractivity contribution < 1.29 is 14.3 Å². The molecule has 162 valence electrons. The zero-order chi connectivity index (χ0) is 21.1. The molecule has 5 heteroatoms. The van der Waals surface area contributed by atoms with Gasteiger partial charge in [0.2, 0.25) is 5.91 Å². The summed E-state index contributed by atoms with van der Waals surface area (Å²) in [6.07, 6.45) is 7.08. The summed E-state index contributed by atoms with van der Waals surface area (Å²) < 4.78 is 13.1. The summed E-state index contributed by atoms with van der Waals surface area (Å²) in [6, 6.07) is 6.07. The Morgan fingerprint density at radius 3 is 2.31 bits per heavy atom. The van der Waals surface area contributed by atoms with Gasteiger partial charge < -0.3 is 15.3 Å². The fourth-order valence-electron chi connectivity index (χ4n) is 5.11. The third-order valence-electron chi connectivity index (χ3n) is 6.76. The molecule has 0 spiro atoms. The Labute approximate surface area is 174 Å². The second-order valence-electron chi connectivity index (χ2n) is 10.1. The maximum Gasteiger partial charge on any atom is 0.226 e. The number of aliphatic hydroxyl groups is 1. The van der Waals surface area contributed by atoms with E-state index >= 15 is 0 Å².